The summed E-state index contributed by atoms with van der Waals surface area (Å²) in [6, 6.07) is 3.95. The summed E-state index contributed by atoms with van der Waals surface area (Å²) in [5, 5.41) is 0. The van der Waals surface area contributed by atoms with E-state index in [0.717, 1.165) is 37.8 Å². The molecule has 0 radical (unpaired) electrons. The van der Waals surface area contributed by atoms with Crippen molar-refractivity contribution in [2.24, 2.45) is 21.5 Å². The third-order valence-corrected chi connectivity index (χ3v) is 7.01. The lowest BCUT2D eigenvalue weighted by atomic mass is 9.87. The number of anilines is 1. The van der Waals surface area contributed by atoms with E-state index in [4.69, 9.17) is 11.5 Å². The van der Waals surface area contributed by atoms with Crippen LogP contribution in [0.1, 0.15) is 32.1 Å². The molecular weight excluding hydrogens is 390 g/mol. The second kappa shape index (κ2) is 6.48. The highest BCUT2D eigenvalue weighted by Crippen LogP contribution is 2.40. The minimum Gasteiger partial charge on any atom is -0.369 e. The lowest BCUT2D eigenvalue weighted by Gasteiger charge is -2.45. The minimum atomic E-state index is -3.65. The molecule has 1 saturated carbocycles. The molecule has 1 fully saturated rings. The molecule has 1 aliphatic heterocycles. The number of nitrogens with zero attached hydrogens (tertiary/aromatic N) is 3. The van der Waals surface area contributed by atoms with Gasteiger partial charge in [0.15, 0.2) is 19.7 Å². The molecule has 1 aliphatic carbocycles. The van der Waals surface area contributed by atoms with Gasteiger partial charge in [-0.1, -0.05) is 6.42 Å². The van der Waals surface area contributed by atoms with E-state index in [1.807, 2.05) is 0 Å². The quantitative estimate of drug-likeness (QED) is 0.737. The van der Waals surface area contributed by atoms with Crippen LogP contribution >= 0.6 is 0 Å². The highest BCUT2D eigenvalue weighted by molar-refractivity contribution is 7.91. The van der Waals surface area contributed by atoms with Crippen molar-refractivity contribution in [3.63, 3.8) is 0 Å². The normalized spacial score (nSPS) is 20.3. The highest BCUT2D eigenvalue weighted by Gasteiger charge is 2.43. The fraction of sp³-hybridized carbons (Fsp3) is 0.500. The van der Waals surface area contributed by atoms with E-state index < -0.39 is 25.3 Å². The van der Waals surface area contributed by atoms with Crippen LogP contribution in [0.25, 0.3) is 0 Å². The smallest absolute Gasteiger partial charge is 0.220 e. The highest BCUT2D eigenvalue weighted by atomic mass is 32.2. The first-order chi connectivity index (χ1) is 12.4. The monoisotopic (exact) mass is 413 g/mol. The summed E-state index contributed by atoms with van der Waals surface area (Å²) in [5.74, 6) is 0.128. The van der Waals surface area contributed by atoms with E-state index >= 15 is 0 Å². The van der Waals surface area contributed by atoms with Crippen LogP contribution in [-0.4, -0.2) is 46.9 Å². The molecule has 9 nitrogen and oxygen atoms in total. The van der Waals surface area contributed by atoms with E-state index in [-0.39, 0.29) is 21.7 Å². The molecule has 1 aromatic carbocycles. The Hall–Kier alpha value is -2.14. The van der Waals surface area contributed by atoms with E-state index in [1.54, 1.807) is 4.90 Å². The van der Waals surface area contributed by atoms with Crippen LogP contribution in [0.3, 0.4) is 0 Å². The first kappa shape index (κ1) is 19.6. The molecule has 0 saturated heterocycles. The van der Waals surface area contributed by atoms with Gasteiger partial charge in [0, 0.05) is 18.2 Å². The zero-order valence-electron chi connectivity index (χ0n) is 15.2. The minimum absolute atomic E-state index is 0.0632. The molecule has 148 valence electrons. The number of nitrogens with two attached hydrogens (primary N) is 2. The Morgan fingerprint density at radius 3 is 1.93 bits per heavy atom. The summed E-state index contributed by atoms with van der Waals surface area (Å²) in [5.41, 5.74) is 11.5. The number of benzene rings is 1. The summed E-state index contributed by atoms with van der Waals surface area (Å²) in [7, 11) is -7.30. The Morgan fingerprint density at radius 2 is 1.44 bits per heavy atom. The van der Waals surface area contributed by atoms with Crippen LogP contribution in [0.2, 0.25) is 0 Å². The van der Waals surface area contributed by atoms with E-state index in [2.05, 4.69) is 9.98 Å². The molecule has 2 aliphatic rings. The van der Waals surface area contributed by atoms with Crippen molar-refractivity contribution in [3.05, 3.63) is 18.2 Å². The zero-order chi connectivity index (χ0) is 20.0. The molecule has 1 aromatic rings. The molecule has 3 rings (SSSR count). The van der Waals surface area contributed by atoms with E-state index in [0.29, 0.717) is 18.5 Å². The molecule has 4 N–H and O–H groups in total. The number of sulfone groups is 2. The Balaban J connectivity index is 2.26. The third-order valence-electron chi connectivity index (χ3n) is 4.83. The van der Waals surface area contributed by atoms with Crippen molar-refractivity contribution in [1.29, 1.82) is 0 Å². The summed E-state index contributed by atoms with van der Waals surface area (Å²) < 4.78 is 48.5. The molecule has 0 atom stereocenters. The summed E-state index contributed by atoms with van der Waals surface area (Å²) in [6.07, 6.45) is 6.19. The largest absolute Gasteiger partial charge is 0.369 e. The molecule has 11 heteroatoms. The van der Waals surface area contributed by atoms with Gasteiger partial charge < -0.3 is 11.5 Å². The van der Waals surface area contributed by atoms with Gasteiger partial charge in [-0.3, -0.25) is 4.90 Å². The molecular formula is C16H23N5O4S2. The van der Waals surface area contributed by atoms with Crippen LogP contribution in [0.5, 0.6) is 0 Å². The van der Waals surface area contributed by atoms with E-state index in [1.165, 1.54) is 12.1 Å². The lowest BCUT2D eigenvalue weighted by molar-refractivity contribution is 0.305. The Morgan fingerprint density at radius 1 is 0.926 bits per heavy atom. The zero-order valence-corrected chi connectivity index (χ0v) is 16.8. The number of hydrogen-bond donors (Lipinski definition) is 2. The average Bonchev–Trinajstić information content (AvgIpc) is 2.52. The van der Waals surface area contributed by atoms with Gasteiger partial charge in [-0.25, -0.2) is 21.8 Å². The second-order valence-corrected chi connectivity index (χ2v) is 11.1. The van der Waals surface area contributed by atoms with Crippen LogP contribution in [-0.2, 0) is 19.7 Å². The van der Waals surface area contributed by atoms with Crippen molar-refractivity contribution in [2.75, 3.05) is 17.4 Å². The summed E-state index contributed by atoms with van der Waals surface area (Å²) in [4.78, 5) is 9.94. The number of rotatable bonds is 3. The van der Waals surface area contributed by atoms with Gasteiger partial charge in [-0.2, -0.15) is 4.99 Å². The van der Waals surface area contributed by atoms with Crippen LogP contribution in [0.15, 0.2) is 38.0 Å². The molecule has 1 heterocycles. The lowest BCUT2D eigenvalue weighted by Crippen LogP contribution is -2.58. The molecule has 1 spiro atoms. The van der Waals surface area contributed by atoms with Crippen molar-refractivity contribution in [3.8, 4) is 0 Å². The standard InChI is InChI=1S/C16H23N5O4S2/c1-26(22,23)12-8-11(9-13(10-12)27(2,24)25)21-15(18)19-14(17)20-16(21)6-4-3-5-7-16/h8-10H,3-7H2,1-2H3,(H4,17,18,19,20). The maximum atomic E-state index is 12.1. The van der Waals surface area contributed by atoms with Gasteiger partial charge >= 0.3 is 0 Å². The van der Waals surface area contributed by atoms with Gasteiger partial charge in [0.05, 0.1) is 9.79 Å². The maximum absolute atomic E-state index is 12.1. The molecule has 0 unspecified atom stereocenters. The van der Waals surface area contributed by atoms with Crippen LogP contribution in [0, 0.1) is 0 Å². The predicted octanol–water partition coefficient (Wildman–Crippen LogP) is 0.603. The number of aliphatic imine (C=N–C) groups is 2. The van der Waals surface area contributed by atoms with Crippen molar-refractivity contribution >= 4 is 37.3 Å². The van der Waals surface area contributed by atoms with Crippen molar-refractivity contribution in [1.82, 2.24) is 0 Å². The summed E-state index contributed by atoms with van der Waals surface area (Å²) in [6.45, 7) is 0. The number of hydrogen-bond acceptors (Lipinski definition) is 9. The van der Waals surface area contributed by atoms with Crippen LogP contribution < -0.4 is 16.4 Å². The Kier molecular flexibility index (Phi) is 4.71. The van der Waals surface area contributed by atoms with Gasteiger partial charge in [0.2, 0.25) is 11.9 Å². The van der Waals surface area contributed by atoms with Crippen molar-refractivity contribution < 1.29 is 16.8 Å². The first-order valence-electron chi connectivity index (χ1n) is 8.47. The molecule has 0 amide bonds. The Bertz CT molecular complexity index is 988. The predicted molar refractivity (Wildman–Crippen MR) is 104 cm³/mol. The fourth-order valence-electron chi connectivity index (χ4n) is 3.61. The fourth-order valence-corrected chi connectivity index (χ4v) is 5.04. The van der Waals surface area contributed by atoms with Gasteiger partial charge in [0.1, 0.15) is 5.66 Å². The summed E-state index contributed by atoms with van der Waals surface area (Å²) >= 11 is 0. The first-order valence-corrected chi connectivity index (χ1v) is 12.3. The third kappa shape index (κ3) is 3.79. The van der Waals surface area contributed by atoms with Gasteiger partial charge in [0.25, 0.3) is 0 Å². The second-order valence-electron chi connectivity index (χ2n) is 7.03. The maximum Gasteiger partial charge on any atom is 0.220 e. The van der Waals surface area contributed by atoms with Gasteiger partial charge in [-0.15, -0.1) is 0 Å². The van der Waals surface area contributed by atoms with Crippen LogP contribution in [0.4, 0.5) is 5.69 Å². The van der Waals surface area contributed by atoms with Crippen molar-refractivity contribution in [2.45, 2.75) is 47.6 Å². The van der Waals surface area contributed by atoms with E-state index in [9.17, 15) is 16.8 Å². The topological polar surface area (TPSA) is 148 Å². The number of guanidine groups is 2. The Labute approximate surface area is 159 Å². The SMILES string of the molecule is CS(=O)(=O)c1cc(N2C(N)=NC(N)=NC23CCCCC3)cc(S(C)(=O)=O)c1. The molecule has 0 bridgehead atoms. The average molecular weight is 414 g/mol. The van der Waals surface area contributed by atoms with Gasteiger partial charge in [-0.05, 0) is 43.9 Å². The molecule has 27 heavy (non-hydrogen) atoms. The molecule has 0 aromatic heterocycles.